The van der Waals surface area contributed by atoms with Gasteiger partial charge in [0.2, 0.25) is 0 Å². The number of hydrogen-bond acceptors (Lipinski definition) is 4. The number of carboxylic acids is 1. The Balaban J connectivity index is 2.26. The van der Waals surface area contributed by atoms with Crippen molar-refractivity contribution in [3.8, 4) is 0 Å². The van der Waals surface area contributed by atoms with E-state index in [1.165, 1.54) is 0 Å². The Morgan fingerprint density at radius 2 is 2.62 bits per heavy atom. The number of carboxylic acid groups (broad SMARTS) is 1. The third-order valence-corrected chi connectivity index (χ3v) is 1.54. The highest BCUT2D eigenvalue weighted by Gasteiger charge is 2.08. The van der Waals surface area contributed by atoms with E-state index in [-0.39, 0.29) is 19.1 Å². The van der Waals surface area contributed by atoms with Crippen LogP contribution in [0.2, 0.25) is 0 Å². The molecule has 0 fully saturated rings. The maximum atomic E-state index is 10.2. The number of ether oxygens (including phenoxy) is 1. The van der Waals surface area contributed by atoms with Crippen molar-refractivity contribution >= 4 is 5.97 Å². The molecule has 0 aliphatic rings. The molecule has 1 heterocycles. The summed E-state index contributed by atoms with van der Waals surface area (Å²) in [7, 11) is 0. The summed E-state index contributed by atoms with van der Waals surface area (Å²) in [4.78, 5) is 10.2. The average molecular weight is 185 g/mol. The largest absolute Gasteiger partial charge is 0.481 e. The Morgan fingerprint density at radius 1 is 1.85 bits per heavy atom. The number of nitrogens with zero attached hydrogens (tertiary/aromatic N) is 2. The molecule has 0 saturated heterocycles. The van der Waals surface area contributed by atoms with Crippen molar-refractivity contribution in [1.82, 2.24) is 15.4 Å². The fourth-order valence-corrected chi connectivity index (χ4v) is 0.818. The Hall–Kier alpha value is -1.43. The monoisotopic (exact) mass is 185 g/mol. The van der Waals surface area contributed by atoms with E-state index in [4.69, 9.17) is 9.84 Å². The topological polar surface area (TPSA) is 88.1 Å². The first-order valence-corrected chi connectivity index (χ1v) is 3.90. The Kier molecular flexibility index (Phi) is 3.39. The molecule has 13 heavy (non-hydrogen) atoms. The Morgan fingerprint density at radius 3 is 3.15 bits per heavy atom. The fourth-order valence-electron chi connectivity index (χ4n) is 0.818. The van der Waals surface area contributed by atoms with Crippen LogP contribution in [0.15, 0.2) is 6.20 Å². The highest BCUT2D eigenvalue weighted by Crippen LogP contribution is 2.11. The van der Waals surface area contributed by atoms with Crippen molar-refractivity contribution in [2.45, 2.75) is 19.4 Å². The van der Waals surface area contributed by atoms with E-state index < -0.39 is 5.97 Å². The van der Waals surface area contributed by atoms with Crippen molar-refractivity contribution in [1.29, 1.82) is 0 Å². The second-order valence-corrected chi connectivity index (χ2v) is 2.56. The highest BCUT2D eigenvalue weighted by atomic mass is 16.5. The molecule has 2 N–H and O–H groups in total. The minimum absolute atomic E-state index is 0.00217. The molecular weight excluding hydrogens is 174 g/mol. The first-order valence-electron chi connectivity index (χ1n) is 3.90. The smallest absolute Gasteiger partial charge is 0.305 e. The summed E-state index contributed by atoms with van der Waals surface area (Å²) in [5.41, 5.74) is 0.672. The average Bonchev–Trinajstić information content (AvgIpc) is 2.55. The van der Waals surface area contributed by atoms with Crippen molar-refractivity contribution in [2.75, 3.05) is 6.61 Å². The van der Waals surface area contributed by atoms with Gasteiger partial charge in [-0.05, 0) is 6.92 Å². The molecule has 1 unspecified atom stereocenters. The summed E-state index contributed by atoms with van der Waals surface area (Å²) in [5, 5.41) is 18.1. The molecule has 1 aromatic rings. The van der Waals surface area contributed by atoms with Gasteiger partial charge in [0.25, 0.3) is 0 Å². The van der Waals surface area contributed by atoms with Crippen LogP contribution in [-0.2, 0) is 9.53 Å². The molecule has 1 atom stereocenters. The van der Waals surface area contributed by atoms with Crippen molar-refractivity contribution in [3.05, 3.63) is 11.9 Å². The van der Waals surface area contributed by atoms with Crippen LogP contribution in [0.1, 0.15) is 25.1 Å². The summed E-state index contributed by atoms with van der Waals surface area (Å²) in [6, 6.07) is 0. The van der Waals surface area contributed by atoms with Crippen LogP contribution < -0.4 is 0 Å². The normalized spacial score (nSPS) is 12.7. The van der Waals surface area contributed by atoms with Crippen molar-refractivity contribution < 1.29 is 14.6 Å². The predicted molar refractivity (Wildman–Crippen MR) is 43.0 cm³/mol. The predicted octanol–water partition coefficient (Wildman–Crippen LogP) is 0.357. The van der Waals surface area contributed by atoms with Gasteiger partial charge in [0.1, 0.15) is 11.8 Å². The molecular formula is C7H11N3O3. The number of hydrogen-bond donors (Lipinski definition) is 2. The van der Waals surface area contributed by atoms with Gasteiger partial charge in [0.15, 0.2) is 0 Å². The molecule has 0 radical (unpaired) electrons. The van der Waals surface area contributed by atoms with Crippen molar-refractivity contribution in [2.24, 2.45) is 0 Å². The summed E-state index contributed by atoms with van der Waals surface area (Å²) in [6.07, 6.45) is 1.39. The van der Waals surface area contributed by atoms with Gasteiger partial charge >= 0.3 is 5.97 Å². The molecule has 0 aliphatic heterocycles. The number of aromatic amines is 1. The van der Waals surface area contributed by atoms with Crippen LogP contribution in [0.4, 0.5) is 0 Å². The summed E-state index contributed by atoms with van der Waals surface area (Å²) < 4.78 is 5.19. The lowest BCUT2D eigenvalue weighted by Gasteiger charge is -2.07. The lowest BCUT2D eigenvalue weighted by Crippen LogP contribution is -2.06. The van der Waals surface area contributed by atoms with Crippen LogP contribution >= 0.6 is 0 Å². The quantitative estimate of drug-likeness (QED) is 0.691. The minimum Gasteiger partial charge on any atom is -0.481 e. The van der Waals surface area contributed by atoms with Gasteiger partial charge in [-0.25, -0.2) is 0 Å². The summed E-state index contributed by atoms with van der Waals surface area (Å²) in [6.45, 7) is 1.98. The standard InChI is InChI=1S/C7H11N3O3/c1-5(6-4-8-10-9-6)13-3-2-7(11)12/h4-5H,2-3H2,1H3,(H,11,12)(H,8,9,10). The lowest BCUT2D eigenvalue weighted by atomic mass is 10.3. The van der Waals surface area contributed by atoms with Gasteiger partial charge in [-0.2, -0.15) is 0 Å². The van der Waals surface area contributed by atoms with Crippen LogP contribution in [-0.4, -0.2) is 33.1 Å². The van der Waals surface area contributed by atoms with E-state index in [0.717, 1.165) is 0 Å². The van der Waals surface area contributed by atoms with Gasteiger partial charge in [0.05, 0.1) is 13.0 Å². The SMILES string of the molecule is CC(OCCC(=O)O)c1c[nH]nn1. The van der Waals surface area contributed by atoms with Crippen molar-refractivity contribution in [3.63, 3.8) is 0 Å². The molecule has 1 aromatic heterocycles. The van der Waals surface area contributed by atoms with E-state index in [1.54, 1.807) is 13.1 Å². The van der Waals surface area contributed by atoms with Gasteiger partial charge in [-0.15, -0.1) is 5.10 Å². The molecule has 1 rings (SSSR count). The number of carbonyl (C=O) groups is 1. The van der Waals surface area contributed by atoms with Crippen LogP contribution in [0.25, 0.3) is 0 Å². The number of aliphatic carboxylic acids is 1. The van der Waals surface area contributed by atoms with Crippen LogP contribution in [0.5, 0.6) is 0 Å². The molecule has 0 aromatic carbocycles. The maximum absolute atomic E-state index is 10.2. The zero-order valence-electron chi connectivity index (χ0n) is 7.23. The molecule has 0 amide bonds. The number of aromatic nitrogens is 3. The molecule has 6 nitrogen and oxygen atoms in total. The van der Waals surface area contributed by atoms with Gasteiger partial charge < -0.3 is 9.84 Å². The Bertz CT molecular complexity index is 260. The van der Waals surface area contributed by atoms with Gasteiger partial charge in [-0.3, -0.25) is 9.89 Å². The van der Waals surface area contributed by atoms with E-state index in [0.29, 0.717) is 5.69 Å². The highest BCUT2D eigenvalue weighted by molar-refractivity contribution is 5.66. The second kappa shape index (κ2) is 4.56. The number of H-pyrrole nitrogens is 1. The Labute approximate surface area is 74.9 Å². The molecule has 0 saturated carbocycles. The molecule has 0 bridgehead atoms. The van der Waals surface area contributed by atoms with Gasteiger partial charge in [-0.1, -0.05) is 5.21 Å². The van der Waals surface area contributed by atoms with E-state index in [9.17, 15) is 4.79 Å². The van der Waals surface area contributed by atoms with Crippen LogP contribution in [0.3, 0.4) is 0 Å². The number of rotatable bonds is 5. The third-order valence-electron chi connectivity index (χ3n) is 1.54. The second-order valence-electron chi connectivity index (χ2n) is 2.56. The zero-order chi connectivity index (χ0) is 9.68. The first kappa shape index (κ1) is 9.66. The zero-order valence-corrected chi connectivity index (χ0v) is 7.23. The third kappa shape index (κ3) is 3.20. The molecule has 0 spiro atoms. The molecule has 0 aliphatic carbocycles. The summed E-state index contributed by atoms with van der Waals surface area (Å²) in [5.74, 6) is -0.868. The minimum atomic E-state index is -0.868. The van der Waals surface area contributed by atoms with E-state index in [2.05, 4.69) is 15.4 Å². The summed E-state index contributed by atoms with van der Waals surface area (Å²) >= 11 is 0. The molecule has 6 heteroatoms. The fraction of sp³-hybridized carbons (Fsp3) is 0.571. The van der Waals surface area contributed by atoms with E-state index >= 15 is 0 Å². The number of nitrogens with one attached hydrogen (secondary N) is 1. The van der Waals surface area contributed by atoms with E-state index in [1.807, 2.05) is 0 Å². The van der Waals surface area contributed by atoms with Gasteiger partial charge in [0, 0.05) is 6.20 Å². The lowest BCUT2D eigenvalue weighted by molar-refractivity contribution is -0.138. The first-order chi connectivity index (χ1) is 6.20. The maximum Gasteiger partial charge on any atom is 0.305 e. The van der Waals surface area contributed by atoms with Crippen LogP contribution in [0, 0.1) is 0 Å². The molecule has 72 valence electrons.